The highest BCUT2D eigenvalue weighted by Gasteiger charge is 2.18. The maximum atomic E-state index is 12.6. The molecule has 0 heterocycles. The van der Waals surface area contributed by atoms with Gasteiger partial charge in [0.25, 0.3) is 0 Å². The van der Waals surface area contributed by atoms with Crippen LogP contribution in [0.3, 0.4) is 0 Å². The van der Waals surface area contributed by atoms with Crippen molar-refractivity contribution in [2.45, 2.75) is 219 Å². The van der Waals surface area contributed by atoms with Crippen molar-refractivity contribution in [3.05, 3.63) is 0 Å². The van der Waals surface area contributed by atoms with Gasteiger partial charge in [-0.25, -0.2) is 33.2 Å². The third-order valence-electron chi connectivity index (χ3n) is 14.5. The minimum Gasteiger partial charge on any atom is -0.449 e. The fourth-order valence-electron chi connectivity index (χ4n) is 9.05. The van der Waals surface area contributed by atoms with E-state index >= 15 is 0 Å². The Morgan fingerprint density at radius 3 is 0.684 bits per heavy atom. The topological polar surface area (TPSA) is 442 Å². The maximum absolute atomic E-state index is 12.6. The van der Waals surface area contributed by atoms with Crippen molar-refractivity contribution in [3.63, 3.8) is 0 Å². The van der Waals surface area contributed by atoms with Crippen LogP contribution in [-0.4, -0.2) is 201 Å². The summed E-state index contributed by atoms with van der Waals surface area (Å²) in [6.07, 6.45) is 22.4. The normalized spacial score (nSPS) is 10.7. The first kappa shape index (κ1) is 91.0. The van der Waals surface area contributed by atoms with E-state index in [0.29, 0.717) is 143 Å². The highest BCUT2D eigenvalue weighted by molar-refractivity contribution is 5.79. The molecule has 16 N–H and O–H groups in total. The Kier molecular flexibility index (Phi) is 67.8. The molecule has 0 fully saturated rings. The molecule has 0 aromatic carbocycles. The molecule has 0 radical (unpaired) electrons. The molecular formula is C64H126N14O17. The van der Waals surface area contributed by atoms with Crippen LogP contribution in [0.4, 0.5) is 9.59 Å². The molecule has 0 spiro atoms. The summed E-state index contributed by atoms with van der Waals surface area (Å²) in [5.41, 5.74) is 0. The van der Waals surface area contributed by atoms with Crippen molar-refractivity contribution in [3.8, 4) is 0 Å². The number of amides is 10. The predicted octanol–water partition coefficient (Wildman–Crippen LogP) is 3.88. The van der Waals surface area contributed by atoms with Crippen LogP contribution in [0.25, 0.3) is 0 Å². The van der Waals surface area contributed by atoms with E-state index < -0.39 is 12.2 Å². The fourth-order valence-corrected chi connectivity index (χ4v) is 9.05. The summed E-state index contributed by atoms with van der Waals surface area (Å²) < 4.78 is 15.4. The van der Waals surface area contributed by atoms with Gasteiger partial charge >= 0.3 is 12.2 Å². The van der Waals surface area contributed by atoms with Gasteiger partial charge in [-0.15, -0.1) is 0 Å². The van der Waals surface area contributed by atoms with Crippen LogP contribution in [0.5, 0.6) is 0 Å². The molecule has 0 aromatic rings. The number of unbranched alkanes of at least 4 members (excludes halogenated alkanes) is 16. The van der Waals surface area contributed by atoms with Crippen molar-refractivity contribution in [1.29, 1.82) is 0 Å². The number of hydrogen-bond donors (Lipinski definition) is 12. The molecule has 0 bridgehead atoms. The summed E-state index contributed by atoms with van der Waals surface area (Å²) >= 11 is 0. The van der Waals surface area contributed by atoms with E-state index in [0.717, 1.165) is 128 Å². The Bertz CT molecular complexity index is 1840. The monoisotopic (exact) mass is 1360 g/mol. The summed E-state index contributed by atoms with van der Waals surface area (Å²) in [6.45, 7) is 8.94. The molecule has 554 valence electrons. The van der Waals surface area contributed by atoms with Crippen LogP contribution < -0.4 is 66.1 Å². The number of nitrogens with two attached hydrogens (primary N) is 4. The lowest BCUT2D eigenvalue weighted by molar-refractivity contribution is -0.122. The van der Waals surface area contributed by atoms with Gasteiger partial charge in [-0.05, 0) is 109 Å². The van der Waals surface area contributed by atoms with Gasteiger partial charge in [-0.3, -0.25) is 38.4 Å². The summed E-state index contributed by atoms with van der Waals surface area (Å²) in [5, 5.41) is 22.9. The Labute approximate surface area is 565 Å². The summed E-state index contributed by atoms with van der Waals surface area (Å²) in [5.74, 6) is 19.6. The van der Waals surface area contributed by atoms with Crippen molar-refractivity contribution in [1.82, 2.24) is 52.3 Å². The van der Waals surface area contributed by atoms with Gasteiger partial charge < -0.3 is 85.9 Å². The molecule has 31 nitrogen and oxygen atoms in total. The molecule has 0 saturated carbocycles. The maximum Gasteiger partial charge on any atom is 0.409 e. The molecule has 0 atom stereocenters. The molecule has 0 aliphatic carbocycles. The molecule has 0 aliphatic rings. The minimum atomic E-state index is -0.547. The largest absolute Gasteiger partial charge is 0.449 e. The first-order valence-corrected chi connectivity index (χ1v) is 34.9. The second kappa shape index (κ2) is 70.7. The molecular weight excluding hydrogens is 1240 g/mol. The smallest absolute Gasteiger partial charge is 0.409 e. The van der Waals surface area contributed by atoms with E-state index in [2.05, 4.69) is 61.9 Å². The van der Waals surface area contributed by atoms with Crippen LogP contribution in [-0.2, 0) is 71.9 Å². The molecule has 10 amide bonds. The number of rotatable bonds is 65. The van der Waals surface area contributed by atoms with Crippen LogP contribution in [0, 0.1) is 0 Å². The first-order chi connectivity index (χ1) is 46.2. The van der Waals surface area contributed by atoms with Gasteiger partial charge in [0, 0.05) is 137 Å². The Balaban J connectivity index is 0. The Morgan fingerprint density at radius 1 is 0.263 bits per heavy atom. The van der Waals surface area contributed by atoms with E-state index in [-0.39, 0.29) is 113 Å². The van der Waals surface area contributed by atoms with E-state index in [1.807, 2.05) is 6.92 Å². The third kappa shape index (κ3) is 66.3. The van der Waals surface area contributed by atoms with E-state index in [1.165, 1.54) is 16.9 Å². The number of hydrogen-bond acceptors (Lipinski definition) is 21. The van der Waals surface area contributed by atoms with Gasteiger partial charge in [0.2, 0.25) is 47.3 Å². The van der Waals surface area contributed by atoms with Gasteiger partial charge in [0.05, 0.1) is 39.6 Å². The van der Waals surface area contributed by atoms with Crippen LogP contribution in [0.1, 0.15) is 219 Å². The van der Waals surface area contributed by atoms with Crippen LogP contribution >= 0.6 is 0 Å². The SMILES string of the molecule is CCCOC(=O)N(CCNC(=O)CCCCCNC(=O)CCCCCON)CCNC(=O)CCCCCNC(=O)CCCCCON.COCCOC(=O)N(CCNC(=O)CCCCCNC(=O)CCCCCON)CCNC(=O)CCCCCNC(=O)CCCCCON. The van der Waals surface area contributed by atoms with Gasteiger partial charge in [0.15, 0.2) is 0 Å². The van der Waals surface area contributed by atoms with Crippen molar-refractivity contribution in [2.24, 2.45) is 23.6 Å². The zero-order valence-electron chi connectivity index (χ0n) is 57.9. The molecule has 0 rings (SSSR count). The molecule has 0 aliphatic heterocycles. The van der Waals surface area contributed by atoms with Crippen molar-refractivity contribution < 1.29 is 81.5 Å². The standard InChI is InChI=1S/C32H63N7O9.C32H63N7O8/c1-45-26-27-46-32(44)39(22-20-37-30(42)14-6-2-10-18-35-28(40)16-8-4-12-24-47-33)23-21-38-31(43)15-7-3-11-19-36-29(41)17-9-5-13-25-48-34;1-2-25-45-32(44)39(23-21-37-30(42)15-7-3-11-19-35-28(40)17-9-5-13-26-46-33)24-22-38-31(43)16-8-4-12-20-36-29(41)18-10-6-14-27-47-34/h2-27,33-34H2,1H3,(H,35,40)(H,36,41)(H,37,42)(H,38,43);2-27,33-34H2,1H3,(H,35,40)(H,36,41)(H,37,42)(H,38,43). The van der Waals surface area contributed by atoms with Crippen LogP contribution in [0.2, 0.25) is 0 Å². The minimum absolute atomic E-state index is 0.0262. The second-order valence-electron chi connectivity index (χ2n) is 23.0. The summed E-state index contributed by atoms with van der Waals surface area (Å²) in [6, 6.07) is 0. The first-order valence-electron chi connectivity index (χ1n) is 34.9. The summed E-state index contributed by atoms with van der Waals surface area (Å²) in [7, 11) is 1.51. The Morgan fingerprint density at radius 2 is 0.474 bits per heavy atom. The molecule has 0 aromatic heterocycles. The Hall–Kier alpha value is -6.06. The number of nitrogens with zero attached hydrogens (tertiary/aromatic N) is 2. The summed E-state index contributed by atoms with van der Waals surface area (Å²) in [4.78, 5) is 142. The van der Waals surface area contributed by atoms with Gasteiger partial charge in [-0.1, -0.05) is 58.3 Å². The van der Waals surface area contributed by atoms with Crippen molar-refractivity contribution in [2.75, 3.05) is 132 Å². The number of nitrogens with one attached hydrogen (secondary N) is 8. The lowest BCUT2D eigenvalue weighted by Crippen LogP contribution is -2.43. The molecule has 0 unspecified atom stereocenters. The molecule has 0 saturated heterocycles. The third-order valence-corrected chi connectivity index (χ3v) is 14.5. The average molecular weight is 1360 g/mol. The van der Waals surface area contributed by atoms with Gasteiger partial charge in [-0.2, -0.15) is 0 Å². The molecule has 95 heavy (non-hydrogen) atoms. The number of methoxy groups -OCH3 is 1. The molecule has 31 heteroatoms. The van der Waals surface area contributed by atoms with Crippen molar-refractivity contribution >= 4 is 59.4 Å². The number of carbonyl (C=O) groups excluding carboxylic acids is 10. The van der Waals surface area contributed by atoms with E-state index in [1.54, 1.807) is 0 Å². The lowest BCUT2D eigenvalue weighted by Gasteiger charge is -2.22. The van der Waals surface area contributed by atoms with Crippen LogP contribution in [0.15, 0.2) is 0 Å². The van der Waals surface area contributed by atoms with E-state index in [9.17, 15) is 47.9 Å². The predicted molar refractivity (Wildman–Crippen MR) is 360 cm³/mol. The number of ether oxygens (including phenoxy) is 3. The second-order valence-corrected chi connectivity index (χ2v) is 23.0. The average Bonchev–Trinajstić information content (AvgIpc) is 3.76. The fraction of sp³-hybridized carbons (Fsp3) is 0.844. The zero-order valence-corrected chi connectivity index (χ0v) is 57.9. The quantitative estimate of drug-likeness (QED) is 0.0304. The lowest BCUT2D eigenvalue weighted by atomic mass is 10.1. The van der Waals surface area contributed by atoms with Gasteiger partial charge in [0.1, 0.15) is 6.61 Å². The highest BCUT2D eigenvalue weighted by atomic mass is 16.6. The zero-order chi connectivity index (χ0) is 70.3. The van der Waals surface area contributed by atoms with E-state index in [4.69, 9.17) is 37.8 Å². The number of carbonyl (C=O) groups is 10. The highest BCUT2D eigenvalue weighted by Crippen LogP contribution is 2.07.